The van der Waals surface area contributed by atoms with Gasteiger partial charge < -0.3 is 9.64 Å². The average Bonchev–Trinajstić information content (AvgIpc) is 2.85. The van der Waals surface area contributed by atoms with Crippen LogP contribution in [0.15, 0.2) is 48.8 Å². The summed E-state index contributed by atoms with van der Waals surface area (Å²) in [6, 6.07) is 11.0. The number of ether oxygens (including phenoxy) is 1. The van der Waals surface area contributed by atoms with E-state index in [0.717, 1.165) is 31.0 Å². The quantitative estimate of drug-likeness (QED) is 0.870. The van der Waals surface area contributed by atoms with Gasteiger partial charge in [0.25, 0.3) is 5.91 Å². The number of hydrogen-bond donors (Lipinski definition) is 0. The van der Waals surface area contributed by atoms with E-state index in [1.807, 2.05) is 34.9 Å². The van der Waals surface area contributed by atoms with Gasteiger partial charge in [-0.05, 0) is 42.5 Å². The average molecular weight is 314 g/mol. The van der Waals surface area contributed by atoms with Crippen LogP contribution in [0, 0.1) is 0 Å². The largest absolute Gasteiger partial charge is 0.457 e. The van der Waals surface area contributed by atoms with Crippen LogP contribution in [0.5, 0.6) is 11.5 Å². The van der Waals surface area contributed by atoms with E-state index in [-0.39, 0.29) is 5.91 Å². The molecule has 0 N–H and O–H groups in total. The van der Waals surface area contributed by atoms with Crippen LogP contribution in [-0.2, 0) is 0 Å². The number of amides is 1. The Balaban J connectivity index is 1.74. The van der Waals surface area contributed by atoms with Crippen LogP contribution in [0.1, 0.15) is 16.8 Å². The summed E-state index contributed by atoms with van der Waals surface area (Å²) in [7, 11) is 0. The zero-order valence-electron chi connectivity index (χ0n) is 12.3. The maximum atomic E-state index is 12.6. The Morgan fingerprint density at radius 1 is 1.09 bits per heavy atom. The Hall–Kier alpha value is -2.01. The van der Waals surface area contributed by atoms with Crippen molar-refractivity contribution < 1.29 is 9.53 Å². The minimum atomic E-state index is 0.0858. The van der Waals surface area contributed by atoms with Crippen molar-refractivity contribution in [3.05, 3.63) is 54.4 Å². The summed E-state index contributed by atoms with van der Waals surface area (Å²) in [6.07, 6.45) is 4.42. The Labute approximate surface area is 134 Å². The normalized spacial score (nSPS) is 15.2. The molecule has 2 heterocycles. The molecule has 0 spiro atoms. The number of thioether (sulfide) groups is 1. The molecule has 0 unspecified atom stereocenters. The van der Waals surface area contributed by atoms with Gasteiger partial charge in [0.2, 0.25) is 0 Å². The third-order valence-corrected chi connectivity index (χ3v) is 4.52. The van der Waals surface area contributed by atoms with Crippen molar-refractivity contribution in [3.63, 3.8) is 0 Å². The molecule has 114 valence electrons. The van der Waals surface area contributed by atoms with Crippen LogP contribution < -0.4 is 4.74 Å². The van der Waals surface area contributed by atoms with Crippen molar-refractivity contribution >= 4 is 17.7 Å². The highest BCUT2D eigenvalue weighted by molar-refractivity contribution is 7.99. The summed E-state index contributed by atoms with van der Waals surface area (Å²) < 4.78 is 5.77. The highest BCUT2D eigenvalue weighted by Crippen LogP contribution is 2.22. The fraction of sp³-hybridized carbons (Fsp3) is 0.294. The van der Waals surface area contributed by atoms with Crippen LogP contribution in [0.3, 0.4) is 0 Å². The van der Waals surface area contributed by atoms with Gasteiger partial charge in [-0.15, -0.1) is 0 Å². The molecule has 0 atom stereocenters. The Morgan fingerprint density at radius 3 is 2.82 bits per heavy atom. The van der Waals surface area contributed by atoms with E-state index >= 15 is 0 Å². The molecule has 1 aromatic carbocycles. The highest BCUT2D eigenvalue weighted by atomic mass is 32.2. The lowest BCUT2D eigenvalue weighted by Crippen LogP contribution is -2.32. The molecule has 1 aliphatic heterocycles. The molecule has 1 saturated heterocycles. The number of pyridine rings is 1. The Bertz CT molecular complexity index is 626. The Morgan fingerprint density at radius 2 is 1.95 bits per heavy atom. The number of carbonyl (C=O) groups excluding carboxylic acids is 1. The first kappa shape index (κ1) is 14.9. The molecule has 3 rings (SSSR count). The van der Waals surface area contributed by atoms with Crippen LogP contribution >= 0.6 is 11.8 Å². The van der Waals surface area contributed by atoms with Crippen molar-refractivity contribution in [2.45, 2.75) is 6.42 Å². The van der Waals surface area contributed by atoms with Crippen molar-refractivity contribution in [3.8, 4) is 11.5 Å². The zero-order valence-corrected chi connectivity index (χ0v) is 13.1. The van der Waals surface area contributed by atoms with Gasteiger partial charge in [0.1, 0.15) is 11.5 Å². The molecule has 22 heavy (non-hydrogen) atoms. The lowest BCUT2D eigenvalue weighted by molar-refractivity contribution is 0.0768. The van der Waals surface area contributed by atoms with Gasteiger partial charge in [-0.25, -0.2) is 0 Å². The third kappa shape index (κ3) is 3.80. The minimum absolute atomic E-state index is 0.0858. The second kappa shape index (κ2) is 7.31. The molecule has 1 aliphatic rings. The van der Waals surface area contributed by atoms with Crippen molar-refractivity contribution in [2.24, 2.45) is 0 Å². The predicted octanol–water partition coefficient (Wildman–Crippen LogP) is 3.45. The molecule has 1 amide bonds. The fourth-order valence-corrected chi connectivity index (χ4v) is 3.25. The standard InChI is InChI=1S/C17H18N2O2S/c20-17(19-9-2-11-22-12-10-19)14-3-1-4-16(13-14)21-15-5-7-18-8-6-15/h1,3-8,13H,2,9-12H2. The maximum absolute atomic E-state index is 12.6. The van der Waals surface area contributed by atoms with E-state index in [1.54, 1.807) is 30.6 Å². The van der Waals surface area contributed by atoms with E-state index in [2.05, 4.69) is 4.98 Å². The van der Waals surface area contributed by atoms with Gasteiger partial charge in [0.05, 0.1) is 0 Å². The molecule has 0 radical (unpaired) electrons. The van der Waals surface area contributed by atoms with E-state index in [4.69, 9.17) is 4.74 Å². The number of hydrogen-bond acceptors (Lipinski definition) is 4. The van der Waals surface area contributed by atoms with E-state index < -0.39 is 0 Å². The summed E-state index contributed by atoms with van der Waals surface area (Å²) >= 11 is 1.91. The molecule has 0 saturated carbocycles. The second-order valence-corrected chi connectivity index (χ2v) is 6.30. The SMILES string of the molecule is O=C(c1cccc(Oc2ccncc2)c1)N1CCCSCC1. The molecule has 1 aromatic heterocycles. The number of aromatic nitrogens is 1. The van der Waals surface area contributed by atoms with Gasteiger partial charge in [0, 0.05) is 36.8 Å². The first-order valence-corrected chi connectivity index (χ1v) is 8.53. The second-order valence-electron chi connectivity index (χ2n) is 5.07. The van der Waals surface area contributed by atoms with Crippen LogP contribution in [-0.4, -0.2) is 40.4 Å². The lowest BCUT2D eigenvalue weighted by atomic mass is 10.2. The predicted molar refractivity (Wildman–Crippen MR) is 88.6 cm³/mol. The summed E-state index contributed by atoms with van der Waals surface area (Å²) in [5.74, 6) is 3.61. The van der Waals surface area contributed by atoms with Crippen molar-refractivity contribution in [1.29, 1.82) is 0 Å². The molecule has 1 fully saturated rings. The molecule has 5 heteroatoms. The minimum Gasteiger partial charge on any atom is -0.457 e. The summed E-state index contributed by atoms with van der Waals surface area (Å²) in [5, 5.41) is 0. The molecular formula is C17H18N2O2S. The topological polar surface area (TPSA) is 42.4 Å². The van der Waals surface area contributed by atoms with Gasteiger partial charge in [0.15, 0.2) is 0 Å². The number of rotatable bonds is 3. The summed E-state index contributed by atoms with van der Waals surface area (Å²) in [4.78, 5) is 18.5. The smallest absolute Gasteiger partial charge is 0.254 e. The van der Waals surface area contributed by atoms with Gasteiger partial charge in [-0.3, -0.25) is 9.78 Å². The highest BCUT2D eigenvalue weighted by Gasteiger charge is 2.17. The molecular weight excluding hydrogens is 296 g/mol. The van der Waals surface area contributed by atoms with Crippen molar-refractivity contribution in [1.82, 2.24) is 9.88 Å². The van der Waals surface area contributed by atoms with Gasteiger partial charge in [-0.1, -0.05) is 6.07 Å². The molecule has 0 aliphatic carbocycles. The zero-order chi connectivity index (χ0) is 15.2. The van der Waals surface area contributed by atoms with Crippen LogP contribution in [0.4, 0.5) is 0 Å². The molecule has 2 aromatic rings. The number of nitrogens with zero attached hydrogens (tertiary/aromatic N) is 2. The first-order valence-electron chi connectivity index (χ1n) is 7.38. The summed E-state index contributed by atoms with van der Waals surface area (Å²) in [6.45, 7) is 1.65. The molecule has 4 nitrogen and oxygen atoms in total. The lowest BCUT2D eigenvalue weighted by Gasteiger charge is -2.20. The van der Waals surface area contributed by atoms with Gasteiger partial charge >= 0.3 is 0 Å². The first-order chi connectivity index (χ1) is 10.8. The monoisotopic (exact) mass is 314 g/mol. The molecule has 0 bridgehead atoms. The fourth-order valence-electron chi connectivity index (χ4n) is 2.37. The van der Waals surface area contributed by atoms with Crippen LogP contribution in [0.2, 0.25) is 0 Å². The van der Waals surface area contributed by atoms with Crippen molar-refractivity contribution in [2.75, 3.05) is 24.6 Å². The number of carbonyl (C=O) groups is 1. The third-order valence-electron chi connectivity index (χ3n) is 3.48. The van der Waals surface area contributed by atoms with E-state index in [9.17, 15) is 4.79 Å². The van der Waals surface area contributed by atoms with Gasteiger partial charge in [-0.2, -0.15) is 11.8 Å². The Kier molecular flexibility index (Phi) is 4.96. The summed E-state index contributed by atoms with van der Waals surface area (Å²) in [5.41, 5.74) is 0.679. The van der Waals surface area contributed by atoms with E-state index in [1.165, 1.54) is 0 Å². The number of benzene rings is 1. The van der Waals surface area contributed by atoms with E-state index in [0.29, 0.717) is 17.1 Å². The van der Waals surface area contributed by atoms with Crippen LogP contribution in [0.25, 0.3) is 0 Å². The maximum Gasteiger partial charge on any atom is 0.254 e.